The molecule has 2 N–H and O–H groups in total. The number of nitrogens with zero attached hydrogens (tertiary/aromatic N) is 3. The van der Waals surface area contributed by atoms with Gasteiger partial charge in [-0.15, -0.1) is 11.3 Å². The summed E-state index contributed by atoms with van der Waals surface area (Å²) < 4.78 is 0.560. The molecule has 0 bridgehead atoms. The fourth-order valence-electron chi connectivity index (χ4n) is 2.74. The first-order valence-electron chi connectivity index (χ1n) is 8.94. The van der Waals surface area contributed by atoms with Gasteiger partial charge in [0, 0.05) is 28.8 Å². The van der Waals surface area contributed by atoms with Crippen LogP contribution in [0.25, 0.3) is 10.6 Å². The van der Waals surface area contributed by atoms with Crippen molar-refractivity contribution in [2.45, 2.75) is 6.92 Å². The van der Waals surface area contributed by atoms with Crippen LogP contribution in [0.3, 0.4) is 0 Å². The van der Waals surface area contributed by atoms with Crippen molar-refractivity contribution in [1.29, 1.82) is 0 Å². The second kappa shape index (κ2) is 8.44. The van der Waals surface area contributed by atoms with Crippen LogP contribution < -0.4 is 10.6 Å². The number of aryl methyl sites for hydroxylation is 1. The molecular formula is C21H17N5O2S2. The van der Waals surface area contributed by atoms with Crippen LogP contribution in [-0.2, 0) is 0 Å². The van der Waals surface area contributed by atoms with E-state index in [2.05, 4.69) is 27.3 Å². The van der Waals surface area contributed by atoms with E-state index in [-0.39, 0.29) is 5.91 Å². The summed E-state index contributed by atoms with van der Waals surface area (Å²) in [7, 11) is 0. The van der Waals surface area contributed by atoms with Crippen molar-refractivity contribution in [3.63, 3.8) is 0 Å². The van der Waals surface area contributed by atoms with E-state index in [1.54, 1.807) is 30.3 Å². The summed E-state index contributed by atoms with van der Waals surface area (Å²) >= 11 is 2.82. The maximum absolute atomic E-state index is 12.4. The summed E-state index contributed by atoms with van der Waals surface area (Å²) in [6, 6.07) is 16.0. The molecular weight excluding hydrogens is 418 g/mol. The number of carbonyl (C=O) groups is 1. The molecule has 2 heterocycles. The van der Waals surface area contributed by atoms with Crippen molar-refractivity contribution in [2.75, 3.05) is 10.6 Å². The Morgan fingerprint density at radius 1 is 1.10 bits per heavy atom. The molecule has 0 atom stereocenters. The van der Waals surface area contributed by atoms with Crippen molar-refractivity contribution in [2.24, 2.45) is 0 Å². The molecule has 0 aliphatic heterocycles. The molecule has 0 saturated carbocycles. The number of aromatic nitrogens is 2. The van der Waals surface area contributed by atoms with Crippen LogP contribution in [-0.4, -0.2) is 27.3 Å². The van der Waals surface area contributed by atoms with Crippen LogP contribution in [0.1, 0.15) is 16.1 Å². The number of rotatable bonds is 6. The highest BCUT2D eigenvalue weighted by atomic mass is 32.1. The molecule has 0 fully saturated rings. The van der Waals surface area contributed by atoms with Crippen LogP contribution >= 0.6 is 22.7 Å². The van der Waals surface area contributed by atoms with E-state index in [0.717, 1.165) is 22.0 Å². The first kappa shape index (κ1) is 19.7. The van der Waals surface area contributed by atoms with E-state index >= 15 is 0 Å². The summed E-state index contributed by atoms with van der Waals surface area (Å²) in [4.78, 5) is 22.3. The van der Waals surface area contributed by atoms with E-state index in [9.17, 15) is 10.0 Å². The lowest BCUT2D eigenvalue weighted by atomic mass is 10.2. The van der Waals surface area contributed by atoms with Gasteiger partial charge in [-0.05, 0) is 25.1 Å². The Kier molecular flexibility index (Phi) is 5.55. The van der Waals surface area contributed by atoms with Crippen LogP contribution in [0.2, 0.25) is 0 Å². The Balaban J connectivity index is 1.50. The Morgan fingerprint density at radius 2 is 1.90 bits per heavy atom. The number of nitrogens with one attached hydrogen (secondary N) is 2. The van der Waals surface area contributed by atoms with Gasteiger partial charge in [-0.25, -0.2) is 9.97 Å². The van der Waals surface area contributed by atoms with Gasteiger partial charge in [0.2, 0.25) is 5.69 Å². The summed E-state index contributed by atoms with van der Waals surface area (Å²) in [5.41, 5.74) is 3.34. The normalized spacial score (nSPS) is 10.6. The molecule has 0 aliphatic rings. The lowest BCUT2D eigenvalue weighted by Crippen LogP contribution is -2.11. The van der Waals surface area contributed by atoms with Crippen molar-refractivity contribution in [3.05, 3.63) is 76.4 Å². The lowest BCUT2D eigenvalue weighted by molar-refractivity contribution is -0.349. The van der Waals surface area contributed by atoms with Gasteiger partial charge >= 0.3 is 0 Å². The minimum absolute atomic E-state index is 0.200. The molecule has 4 aromatic rings. The number of anilines is 3. The number of benzene rings is 2. The minimum Gasteiger partial charge on any atom is -0.619 e. The number of carbonyl (C=O) groups excluding carboxylic acids is 1. The maximum Gasteiger partial charge on any atom is 0.257 e. The van der Waals surface area contributed by atoms with Gasteiger partial charge in [0.15, 0.2) is 10.3 Å². The standard InChI is InChI=1S/C21H17N5O2S2/c1-13-18(30-21(22-13)25-19(27)14-7-4-3-5-8-14)17-12-29-20(24-17)23-15-9-6-10-16(11-15)26(2)28/h3-12H,2H2,1H3,(H,23,24)(H,22,25,27). The second-order valence-corrected chi connectivity index (χ2v) is 8.20. The minimum atomic E-state index is -0.200. The van der Waals surface area contributed by atoms with Gasteiger partial charge in [-0.3, -0.25) is 10.1 Å². The molecule has 1 amide bonds. The summed E-state index contributed by atoms with van der Waals surface area (Å²) in [6.45, 7) is 5.24. The number of hydrogen-bond donors (Lipinski definition) is 2. The molecule has 9 heteroatoms. The SMILES string of the molecule is C=[N+]([O-])c1cccc(Nc2nc(-c3sc(NC(=O)c4ccccc4)nc3C)cs2)c1. The third kappa shape index (κ3) is 4.37. The van der Waals surface area contributed by atoms with Gasteiger partial charge < -0.3 is 10.5 Å². The molecule has 0 radical (unpaired) electrons. The fraction of sp³-hybridized carbons (Fsp3) is 0.0476. The smallest absolute Gasteiger partial charge is 0.257 e. The molecule has 150 valence electrons. The first-order valence-corrected chi connectivity index (χ1v) is 10.6. The van der Waals surface area contributed by atoms with E-state index in [0.29, 0.717) is 26.3 Å². The zero-order chi connectivity index (χ0) is 21.1. The summed E-state index contributed by atoms with van der Waals surface area (Å²) in [6.07, 6.45) is 0. The molecule has 30 heavy (non-hydrogen) atoms. The van der Waals surface area contributed by atoms with Gasteiger partial charge in [0.1, 0.15) is 6.72 Å². The van der Waals surface area contributed by atoms with Crippen molar-refractivity contribution in [3.8, 4) is 10.6 Å². The molecule has 0 saturated heterocycles. The second-order valence-electron chi connectivity index (χ2n) is 6.35. The Morgan fingerprint density at radius 3 is 2.67 bits per heavy atom. The largest absolute Gasteiger partial charge is 0.619 e. The van der Waals surface area contributed by atoms with Crippen molar-refractivity contribution in [1.82, 2.24) is 9.97 Å². The van der Waals surface area contributed by atoms with Gasteiger partial charge in [-0.1, -0.05) is 35.6 Å². The number of hydrogen-bond acceptors (Lipinski definition) is 7. The topological polar surface area (TPSA) is 93.0 Å². The highest BCUT2D eigenvalue weighted by Gasteiger charge is 2.15. The Hall–Kier alpha value is -3.56. The monoisotopic (exact) mass is 435 g/mol. The predicted octanol–water partition coefficient (Wildman–Crippen LogP) is 5.41. The number of amides is 1. The van der Waals surface area contributed by atoms with Crippen LogP contribution in [0.4, 0.5) is 21.6 Å². The van der Waals surface area contributed by atoms with E-state index in [4.69, 9.17) is 0 Å². The highest BCUT2D eigenvalue weighted by molar-refractivity contribution is 7.20. The van der Waals surface area contributed by atoms with Crippen molar-refractivity contribution >= 4 is 56.9 Å². The molecule has 7 nitrogen and oxygen atoms in total. The molecule has 2 aromatic heterocycles. The molecule has 4 rings (SSSR count). The molecule has 0 spiro atoms. The maximum atomic E-state index is 12.4. The molecule has 0 aliphatic carbocycles. The third-order valence-electron chi connectivity index (χ3n) is 4.18. The Bertz CT molecular complexity index is 1220. The average molecular weight is 436 g/mol. The quantitative estimate of drug-likeness (QED) is 0.183. The average Bonchev–Trinajstić information content (AvgIpc) is 3.35. The molecule has 2 aromatic carbocycles. The fourth-order valence-corrected chi connectivity index (χ4v) is 4.46. The number of thiazole rings is 2. The van der Waals surface area contributed by atoms with E-state index in [1.807, 2.05) is 36.6 Å². The van der Waals surface area contributed by atoms with E-state index in [1.165, 1.54) is 22.7 Å². The third-order valence-corrected chi connectivity index (χ3v) is 6.03. The van der Waals surface area contributed by atoms with E-state index < -0.39 is 0 Å². The highest BCUT2D eigenvalue weighted by Crippen LogP contribution is 2.35. The molecule has 0 unspecified atom stereocenters. The van der Waals surface area contributed by atoms with Crippen LogP contribution in [0, 0.1) is 12.1 Å². The summed E-state index contributed by atoms with van der Waals surface area (Å²) in [5, 5.41) is 20.6. The van der Waals surface area contributed by atoms with Crippen LogP contribution in [0.15, 0.2) is 60.0 Å². The van der Waals surface area contributed by atoms with Gasteiger partial charge in [-0.2, -0.15) is 4.74 Å². The van der Waals surface area contributed by atoms with Gasteiger partial charge in [0.25, 0.3) is 5.91 Å². The van der Waals surface area contributed by atoms with Crippen molar-refractivity contribution < 1.29 is 9.53 Å². The summed E-state index contributed by atoms with van der Waals surface area (Å²) in [5.74, 6) is -0.200. The van der Waals surface area contributed by atoms with Crippen LogP contribution in [0.5, 0.6) is 0 Å². The zero-order valence-corrected chi connectivity index (χ0v) is 17.6. The zero-order valence-electron chi connectivity index (χ0n) is 16.0. The Labute approximate surface area is 181 Å². The van der Waals surface area contributed by atoms with Gasteiger partial charge in [0.05, 0.1) is 16.3 Å². The lowest BCUT2D eigenvalue weighted by Gasteiger charge is -2.04. The first-order chi connectivity index (χ1) is 14.5. The predicted molar refractivity (Wildman–Crippen MR) is 122 cm³/mol.